The van der Waals surface area contributed by atoms with Gasteiger partial charge >= 0.3 is 0 Å². The van der Waals surface area contributed by atoms with Crippen LogP contribution in [-0.2, 0) is 10.2 Å². The minimum Gasteiger partial charge on any atom is -0.493 e. The first-order valence-corrected chi connectivity index (χ1v) is 11.1. The van der Waals surface area contributed by atoms with Gasteiger partial charge in [-0.05, 0) is 46.9 Å². The molecule has 6 heteroatoms. The molecular formula is C24H27NO3S2. The molecule has 2 aromatic carbocycles. The Balaban J connectivity index is 1.46. The lowest BCUT2D eigenvalue weighted by atomic mass is 9.87. The van der Waals surface area contributed by atoms with Crippen molar-refractivity contribution < 1.29 is 14.3 Å². The molecule has 1 saturated heterocycles. The first-order chi connectivity index (χ1) is 14.2. The molecule has 0 spiro atoms. The van der Waals surface area contributed by atoms with Crippen molar-refractivity contribution in [3.8, 4) is 11.5 Å². The molecule has 1 amide bonds. The van der Waals surface area contributed by atoms with Crippen LogP contribution in [0.3, 0.4) is 0 Å². The number of carbonyl (C=O) groups excluding carboxylic acids is 1. The van der Waals surface area contributed by atoms with Crippen LogP contribution in [0, 0.1) is 0 Å². The normalized spacial score (nSPS) is 15.7. The van der Waals surface area contributed by atoms with E-state index in [1.54, 1.807) is 7.05 Å². The third kappa shape index (κ3) is 5.86. The van der Waals surface area contributed by atoms with Crippen LogP contribution in [0.1, 0.15) is 38.3 Å². The van der Waals surface area contributed by atoms with Crippen molar-refractivity contribution in [2.45, 2.75) is 32.6 Å². The number of thiocarbonyl (C=S) groups is 1. The molecule has 0 unspecified atom stereocenters. The van der Waals surface area contributed by atoms with E-state index in [2.05, 4.69) is 32.9 Å². The Morgan fingerprint density at radius 1 is 1.03 bits per heavy atom. The fourth-order valence-electron chi connectivity index (χ4n) is 2.88. The van der Waals surface area contributed by atoms with Crippen LogP contribution in [0.25, 0.3) is 6.08 Å². The average molecular weight is 442 g/mol. The zero-order valence-corrected chi connectivity index (χ0v) is 19.4. The van der Waals surface area contributed by atoms with E-state index in [9.17, 15) is 4.79 Å². The lowest BCUT2D eigenvalue weighted by Gasteiger charge is -2.19. The van der Waals surface area contributed by atoms with Crippen molar-refractivity contribution in [1.29, 1.82) is 0 Å². The Bertz CT molecular complexity index is 946. The molecule has 30 heavy (non-hydrogen) atoms. The van der Waals surface area contributed by atoms with Gasteiger partial charge in [-0.2, -0.15) is 0 Å². The van der Waals surface area contributed by atoms with E-state index in [4.69, 9.17) is 21.7 Å². The van der Waals surface area contributed by atoms with Crippen molar-refractivity contribution >= 4 is 40.3 Å². The number of nitrogens with zero attached hydrogens (tertiary/aromatic N) is 1. The number of carbonyl (C=O) groups is 1. The Morgan fingerprint density at radius 2 is 1.70 bits per heavy atom. The van der Waals surface area contributed by atoms with Crippen LogP contribution in [0.5, 0.6) is 11.5 Å². The molecular weight excluding hydrogens is 414 g/mol. The van der Waals surface area contributed by atoms with Crippen molar-refractivity contribution in [2.75, 3.05) is 20.3 Å². The molecule has 0 aliphatic carbocycles. The molecule has 1 aliphatic rings. The summed E-state index contributed by atoms with van der Waals surface area (Å²) < 4.78 is 12.2. The number of rotatable bonds is 7. The van der Waals surface area contributed by atoms with Crippen LogP contribution < -0.4 is 9.47 Å². The Labute approximate surface area is 188 Å². The van der Waals surface area contributed by atoms with Crippen LogP contribution in [0.15, 0.2) is 53.4 Å². The summed E-state index contributed by atoms with van der Waals surface area (Å²) in [5.41, 5.74) is 2.35. The van der Waals surface area contributed by atoms with Crippen LogP contribution in [-0.4, -0.2) is 35.4 Å². The zero-order chi connectivity index (χ0) is 21.7. The second-order valence-electron chi connectivity index (χ2n) is 8.14. The second-order valence-corrected chi connectivity index (χ2v) is 9.81. The fraction of sp³-hybridized carbons (Fsp3) is 0.333. The lowest BCUT2D eigenvalue weighted by Crippen LogP contribution is -2.22. The molecule has 4 nitrogen and oxygen atoms in total. The molecule has 1 heterocycles. The summed E-state index contributed by atoms with van der Waals surface area (Å²) in [5, 5.41) is 0. The third-order valence-electron chi connectivity index (χ3n) is 4.69. The molecule has 0 saturated carbocycles. The topological polar surface area (TPSA) is 38.8 Å². The maximum Gasteiger partial charge on any atom is 0.265 e. The first-order valence-electron chi connectivity index (χ1n) is 9.92. The molecule has 1 fully saturated rings. The van der Waals surface area contributed by atoms with Crippen molar-refractivity contribution in [1.82, 2.24) is 4.90 Å². The molecule has 2 aromatic rings. The summed E-state index contributed by atoms with van der Waals surface area (Å²) in [6.45, 7) is 7.74. The van der Waals surface area contributed by atoms with Crippen LogP contribution in [0.2, 0.25) is 0 Å². The molecule has 0 aromatic heterocycles. The van der Waals surface area contributed by atoms with Gasteiger partial charge in [0.2, 0.25) is 0 Å². The highest BCUT2D eigenvalue weighted by Crippen LogP contribution is 2.31. The highest BCUT2D eigenvalue weighted by Gasteiger charge is 2.28. The maximum atomic E-state index is 12.1. The van der Waals surface area contributed by atoms with Crippen molar-refractivity contribution in [2.24, 2.45) is 0 Å². The van der Waals surface area contributed by atoms with E-state index in [1.807, 2.05) is 42.5 Å². The Kier molecular flexibility index (Phi) is 7.21. The largest absolute Gasteiger partial charge is 0.493 e. The minimum atomic E-state index is -0.0657. The summed E-state index contributed by atoms with van der Waals surface area (Å²) in [5.74, 6) is 1.58. The lowest BCUT2D eigenvalue weighted by molar-refractivity contribution is -0.121. The van der Waals surface area contributed by atoms with Crippen molar-refractivity contribution in [3.05, 3.63) is 64.6 Å². The molecule has 0 radical (unpaired) electrons. The minimum absolute atomic E-state index is 0.0657. The summed E-state index contributed by atoms with van der Waals surface area (Å²) in [7, 11) is 1.69. The molecule has 1 aliphatic heterocycles. The van der Waals surface area contributed by atoms with E-state index in [-0.39, 0.29) is 11.3 Å². The van der Waals surface area contributed by atoms with Gasteiger partial charge in [-0.1, -0.05) is 69.0 Å². The van der Waals surface area contributed by atoms with E-state index >= 15 is 0 Å². The number of hydrogen-bond donors (Lipinski definition) is 0. The summed E-state index contributed by atoms with van der Waals surface area (Å²) in [6.07, 6.45) is 2.62. The molecule has 0 bridgehead atoms. The summed E-state index contributed by atoms with van der Waals surface area (Å²) in [4.78, 5) is 14.3. The monoisotopic (exact) mass is 441 g/mol. The van der Waals surface area contributed by atoms with Crippen molar-refractivity contribution in [3.63, 3.8) is 0 Å². The Hall–Kier alpha value is -2.31. The second kappa shape index (κ2) is 9.67. The van der Waals surface area contributed by atoms with E-state index < -0.39 is 0 Å². The number of hydrogen-bond acceptors (Lipinski definition) is 5. The number of likely N-dealkylation sites (N-methyl/N-ethyl adjacent to an activating group) is 1. The predicted molar refractivity (Wildman–Crippen MR) is 128 cm³/mol. The predicted octanol–water partition coefficient (Wildman–Crippen LogP) is 5.66. The number of ether oxygens (including phenoxy) is 2. The molecule has 0 N–H and O–H groups in total. The number of thioether (sulfide) groups is 1. The average Bonchev–Trinajstić information content (AvgIpc) is 2.94. The summed E-state index contributed by atoms with van der Waals surface area (Å²) >= 11 is 6.49. The van der Waals surface area contributed by atoms with Gasteiger partial charge in [0.1, 0.15) is 15.8 Å². The molecule has 158 valence electrons. The number of benzene rings is 2. The Morgan fingerprint density at radius 3 is 2.30 bits per heavy atom. The van der Waals surface area contributed by atoms with Gasteiger partial charge in [0.15, 0.2) is 0 Å². The maximum absolute atomic E-state index is 12.1. The smallest absolute Gasteiger partial charge is 0.265 e. The number of amides is 1. The summed E-state index contributed by atoms with van der Waals surface area (Å²) in [6, 6.07) is 16.0. The first kappa shape index (κ1) is 22.4. The quantitative estimate of drug-likeness (QED) is 0.315. The van der Waals surface area contributed by atoms with Crippen LogP contribution in [0.4, 0.5) is 0 Å². The van der Waals surface area contributed by atoms with E-state index in [0.717, 1.165) is 23.5 Å². The van der Waals surface area contributed by atoms with Gasteiger partial charge in [0.05, 0.1) is 18.1 Å². The molecule has 0 atom stereocenters. The van der Waals surface area contributed by atoms with Gasteiger partial charge in [0, 0.05) is 13.5 Å². The van der Waals surface area contributed by atoms with Gasteiger partial charge < -0.3 is 9.47 Å². The van der Waals surface area contributed by atoms with Gasteiger partial charge in [-0.15, -0.1) is 0 Å². The highest BCUT2D eigenvalue weighted by molar-refractivity contribution is 8.26. The van der Waals surface area contributed by atoms with E-state index in [0.29, 0.717) is 22.4 Å². The van der Waals surface area contributed by atoms with Crippen LogP contribution >= 0.6 is 24.0 Å². The fourth-order valence-corrected chi connectivity index (χ4v) is 4.06. The van der Waals surface area contributed by atoms with Gasteiger partial charge in [-0.25, -0.2) is 0 Å². The van der Waals surface area contributed by atoms with Gasteiger partial charge in [0.25, 0.3) is 5.91 Å². The standard InChI is InChI=1S/C24H27NO3S2/c1-24(2,3)18-9-11-19(12-10-18)27-13-6-14-28-20-8-5-7-17(15-20)16-21-22(26)25(4)23(29)30-21/h5,7-12,15-16H,6,13-14H2,1-4H3. The highest BCUT2D eigenvalue weighted by atomic mass is 32.2. The van der Waals surface area contributed by atoms with Gasteiger partial charge in [-0.3, -0.25) is 9.69 Å². The van der Waals surface area contributed by atoms with E-state index in [1.165, 1.54) is 22.2 Å². The molecule has 3 rings (SSSR count). The zero-order valence-electron chi connectivity index (χ0n) is 17.8. The SMILES string of the molecule is CN1C(=O)C(=Cc2cccc(OCCCOc3ccc(C(C)(C)C)cc3)c2)SC1=S. The third-order valence-corrected chi connectivity index (χ3v) is 6.17.